The second-order valence-corrected chi connectivity index (χ2v) is 5.14. The minimum atomic E-state index is -0.815. The van der Waals surface area contributed by atoms with E-state index in [4.69, 9.17) is 4.74 Å². The van der Waals surface area contributed by atoms with Crippen molar-refractivity contribution in [3.63, 3.8) is 0 Å². The third-order valence-electron chi connectivity index (χ3n) is 3.57. The molecule has 0 spiro atoms. The smallest absolute Gasteiger partial charge is 0.200 e. The number of ether oxygens (including phenoxy) is 1. The lowest BCUT2D eigenvalue weighted by molar-refractivity contribution is 0.282. The Labute approximate surface area is 99.8 Å². The van der Waals surface area contributed by atoms with Crippen LogP contribution in [-0.2, 0) is 0 Å². The van der Waals surface area contributed by atoms with Gasteiger partial charge in [-0.05, 0) is 42.7 Å². The largest absolute Gasteiger partial charge is 0.490 e. The predicted molar refractivity (Wildman–Crippen MR) is 61.2 cm³/mol. The number of hydrogen-bond acceptors (Lipinski definition) is 1. The first-order valence-electron chi connectivity index (χ1n) is 6.36. The highest BCUT2D eigenvalue weighted by Crippen LogP contribution is 2.42. The highest BCUT2D eigenvalue weighted by molar-refractivity contribution is 5.34. The Morgan fingerprint density at radius 2 is 1.82 bits per heavy atom. The number of benzene rings is 1. The molecule has 0 aliphatic heterocycles. The van der Waals surface area contributed by atoms with Gasteiger partial charge in [-0.15, -0.1) is 0 Å². The van der Waals surface area contributed by atoms with E-state index < -0.39 is 11.6 Å². The SMILES string of the molecule is Fc1c(OCCC2CC2)ccc(C2CC2)c1F. The van der Waals surface area contributed by atoms with Gasteiger partial charge in [0.2, 0.25) is 5.82 Å². The molecular formula is C14H16F2O. The van der Waals surface area contributed by atoms with E-state index in [0.717, 1.165) is 25.2 Å². The number of halogens is 2. The average Bonchev–Trinajstić information content (AvgIpc) is 3.14. The van der Waals surface area contributed by atoms with Crippen LogP contribution in [0.5, 0.6) is 5.75 Å². The van der Waals surface area contributed by atoms with Gasteiger partial charge in [-0.1, -0.05) is 18.9 Å². The van der Waals surface area contributed by atoms with Crippen molar-refractivity contribution in [1.82, 2.24) is 0 Å². The van der Waals surface area contributed by atoms with Gasteiger partial charge in [0.15, 0.2) is 11.6 Å². The van der Waals surface area contributed by atoms with Gasteiger partial charge in [0.1, 0.15) is 0 Å². The summed E-state index contributed by atoms with van der Waals surface area (Å²) in [5, 5.41) is 0. The van der Waals surface area contributed by atoms with Crippen LogP contribution in [0.25, 0.3) is 0 Å². The Morgan fingerprint density at radius 3 is 2.47 bits per heavy atom. The van der Waals surface area contributed by atoms with E-state index in [1.54, 1.807) is 12.1 Å². The minimum Gasteiger partial charge on any atom is -0.490 e. The van der Waals surface area contributed by atoms with Crippen LogP contribution < -0.4 is 4.74 Å². The van der Waals surface area contributed by atoms with Gasteiger partial charge >= 0.3 is 0 Å². The van der Waals surface area contributed by atoms with Crippen molar-refractivity contribution in [2.24, 2.45) is 5.92 Å². The Balaban J connectivity index is 1.68. The van der Waals surface area contributed by atoms with Crippen molar-refractivity contribution in [3.8, 4) is 5.75 Å². The van der Waals surface area contributed by atoms with E-state index in [0.29, 0.717) is 12.2 Å². The number of rotatable bonds is 5. The molecule has 0 N–H and O–H groups in total. The molecule has 2 fully saturated rings. The van der Waals surface area contributed by atoms with Crippen molar-refractivity contribution in [3.05, 3.63) is 29.3 Å². The molecule has 1 aromatic carbocycles. The molecule has 3 rings (SSSR count). The van der Waals surface area contributed by atoms with Crippen molar-refractivity contribution in [2.45, 2.75) is 38.0 Å². The first kappa shape index (κ1) is 11.0. The maximum absolute atomic E-state index is 13.7. The standard InChI is InChI=1S/C14H16F2O/c15-13-11(10-3-4-10)5-6-12(14(13)16)17-8-7-9-1-2-9/h5-6,9-10H,1-4,7-8H2. The topological polar surface area (TPSA) is 9.23 Å². The first-order chi connectivity index (χ1) is 8.25. The van der Waals surface area contributed by atoms with Crippen LogP contribution in [0.3, 0.4) is 0 Å². The molecule has 0 aromatic heterocycles. The molecule has 2 saturated carbocycles. The summed E-state index contributed by atoms with van der Waals surface area (Å²) in [6.07, 6.45) is 5.39. The predicted octanol–water partition coefficient (Wildman–Crippen LogP) is 4.02. The molecule has 0 atom stereocenters. The normalized spacial score (nSPS) is 19.4. The van der Waals surface area contributed by atoms with E-state index in [1.807, 2.05) is 0 Å². The summed E-state index contributed by atoms with van der Waals surface area (Å²) >= 11 is 0. The van der Waals surface area contributed by atoms with Crippen molar-refractivity contribution < 1.29 is 13.5 Å². The third-order valence-corrected chi connectivity index (χ3v) is 3.57. The van der Waals surface area contributed by atoms with Gasteiger partial charge in [0.05, 0.1) is 6.61 Å². The van der Waals surface area contributed by atoms with Gasteiger partial charge in [0, 0.05) is 0 Å². The lowest BCUT2D eigenvalue weighted by Gasteiger charge is -2.09. The molecule has 17 heavy (non-hydrogen) atoms. The van der Waals surface area contributed by atoms with E-state index in [9.17, 15) is 8.78 Å². The highest BCUT2D eigenvalue weighted by atomic mass is 19.2. The Bertz CT molecular complexity index is 422. The van der Waals surface area contributed by atoms with Gasteiger partial charge in [-0.2, -0.15) is 4.39 Å². The van der Waals surface area contributed by atoms with Crippen molar-refractivity contribution >= 4 is 0 Å². The molecule has 0 amide bonds. The fourth-order valence-corrected chi connectivity index (χ4v) is 2.11. The molecule has 0 unspecified atom stereocenters. The zero-order chi connectivity index (χ0) is 11.8. The Hall–Kier alpha value is -1.12. The molecule has 2 aliphatic carbocycles. The van der Waals surface area contributed by atoms with Crippen molar-refractivity contribution in [2.75, 3.05) is 6.61 Å². The maximum Gasteiger partial charge on any atom is 0.200 e. The maximum atomic E-state index is 13.7. The van der Waals surface area contributed by atoms with Crippen LogP contribution in [0.15, 0.2) is 12.1 Å². The summed E-state index contributed by atoms with van der Waals surface area (Å²) < 4.78 is 32.7. The molecule has 92 valence electrons. The fourth-order valence-electron chi connectivity index (χ4n) is 2.11. The summed E-state index contributed by atoms with van der Waals surface area (Å²) in [6, 6.07) is 3.24. The molecule has 0 radical (unpaired) electrons. The monoisotopic (exact) mass is 238 g/mol. The zero-order valence-corrected chi connectivity index (χ0v) is 9.72. The number of hydrogen-bond donors (Lipinski definition) is 0. The van der Waals surface area contributed by atoms with Crippen LogP contribution in [0.1, 0.15) is 43.6 Å². The molecule has 1 nitrogen and oxygen atoms in total. The van der Waals surface area contributed by atoms with Crippen LogP contribution in [-0.4, -0.2) is 6.61 Å². The second kappa shape index (κ2) is 4.28. The van der Waals surface area contributed by atoms with E-state index in [2.05, 4.69) is 0 Å². The molecule has 0 heterocycles. The average molecular weight is 238 g/mol. The molecule has 1 aromatic rings. The molecule has 2 aliphatic rings. The highest BCUT2D eigenvalue weighted by Gasteiger charge is 2.29. The van der Waals surface area contributed by atoms with Crippen LogP contribution >= 0.6 is 0 Å². The molecule has 3 heteroatoms. The summed E-state index contributed by atoms with van der Waals surface area (Å²) in [5.74, 6) is -0.493. The molecule has 0 bridgehead atoms. The fraction of sp³-hybridized carbons (Fsp3) is 0.571. The van der Waals surface area contributed by atoms with Gasteiger partial charge in [0.25, 0.3) is 0 Å². The van der Waals surface area contributed by atoms with E-state index >= 15 is 0 Å². The third kappa shape index (κ3) is 2.43. The summed E-state index contributed by atoms with van der Waals surface area (Å²) in [5.41, 5.74) is 0.511. The van der Waals surface area contributed by atoms with Crippen LogP contribution in [0.2, 0.25) is 0 Å². The summed E-state index contributed by atoms with van der Waals surface area (Å²) in [4.78, 5) is 0. The van der Waals surface area contributed by atoms with E-state index in [1.165, 1.54) is 12.8 Å². The Morgan fingerprint density at radius 1 is 1.06 bits per heavy atom. The van der Waals surface area contributed by atoms with Gasteiger partial charge < -0.3 is 4.74 Å². The van der Waals surface area contributed by atoms with E-state index in [-0.39, 0.29) is 11.7 Å². The molecule has 0 saturated heterocycles. The van der Waals surface area contributed by atoms with Crippen LogP contribution in [0.4, 0.5) is 8.78 Å². The summed E-state index contributed by atoms with van der Waals surface area (Å²) in [6.45, 7) is 0.490. The first-order valence-corrected chi connectivity index (χ1v) is 6.36. The second-order valence-electron chi connectivity index (χ2n) is 5.14. The zero-order valence-electron chi connectivity index (χ0n) is 9.72. The quantitative estimate of drug-likeness (QED) is 0.752. The Kier molecular flexibility index (Phi) is 2.77. The van der Waals surface area contributed by atoms with Gasteiger partial charge in [-0.3, -0.25) is 0 Å². The molecular weight excluding hydrogens is 222 g/mol. The van der Waals surface area contributed by atoms with Gasteiger partial charge in [-0.25, -0.2) is 4.39 Å². The van der Waals surface area contributed by atoms with Crippen LogP contribution in [0, 0.1) is 17.6 Å². The minimum absolute atomic E-state index is 0.0625. The van der Waals surface area contributed by atoms with Crippen molar-refractivity contribution in [1.29, 1.82) is 0 Å². The summed E-state index contributed by atoms with van der Waals surface area (Å²) in [7, 11) is 0. The lowest BCUT2D eigenvalue weighted by Crippen LogP contribution is -2.03. The lowest BCUT2D eigenvalue weighted by atomic mass is 10.1.